The maximum Gasteiger partial charge on any atom is 0.262 e. The molecule has 0 aliphatic carbocycles. The fraction of sp³-hybridized carbons (Fsp3) is 0.0588. The number of amides is 1. The Morgan fingerprint density at radius 3 is 2.78 bits per heavy atom. The lowest BCUT2D eigenvalue weighted by molar-refractivity contribution is -0.118. The van der Waals surface area contributed by atoms with Gasteiger partial charge in [0.05, 0.1) is 11.2 Å². The van der Waals surface area contributed by atoms with Crippen molar-refractivity contribution in [2.24, 2.45) is 0 Å². The summed E-state index contributed by atoms with van der Waals surface area (Å²) in [7, 11) is 0. The smallest absolute Gasteiger partial charge is 0.262 e. The molecule has 1 aromatic heterocycles. The van der Waals surface area contributed by atoms with Crippen molar-refractivity contribution in [2.75, 3.05) is 11.9 Å². The van der Waals surface area contributed by atoms with Crippen LogP contribution in [-0.2, 0) is 4.79 Å². The van der Waals surface area contributed by atoms with Gasteiger partial charge in [-0.05, 0) is 24.3 Å². The van der Waals surface area contributed by atoms with E-state index in [9.17, 15) is 13.6 Å². The van der Waals surface area contributed by atoms with Crippen LogP contribution in [0.5, 0.6) is 5.75 Å². The number of halogens is 2. The van der Waals surface area contributed by atoms with Crippen LogP contribution in [0.3, 0.4) is 0 Å². The number of carbonyl (C=O) groups excluding carboxylic acids is 1. The third-order valence-corrected chi connectivity index (χ3v) is 3.16. The first-order valence-corrected chi connectivity index (χ1v) is 6.85. The average molecular weight is 314 g/mol. The van der Waals surface area contributed by atoms with Crippen LogP contribution in [0.15, 0.2) is 54.7 Å². The second-order valence-corrected chi connectivity index (χ2v) is 4.79. The highest BCUT2D eigenvalue weighted by atomic mass is 19.1. The topological polar surface area (TPSA) is 51.2 Å². The second kappa shape index (κ2) is 6.39. The molecule has 0 saturated heterocycles. The van der Waals surface area contributed by atoms with Crippen molar-refractivity contribution in [3.63, 3.8) is 0 Å². The van der Waals surface area contributed by atoms with E-state index in [2.05, 4.69) is 10.3 Å². The van der Waals surface area contributed by atoms with Crippen LogP contribution in [0.4, 0.5) is 14.5 Å². The number of nitrogens with zero attached hydrogens (tertiary/aromatic N) is 1. The Hall–Kier alpha value is -3.02. The number of hydrogen-bond acceptors (Lipinski definition) is 3. The van der Waals surface area contributed by atoms with Crippen molar-refractivity contribution < 1.29 is 18.3 Å². The summed E-state index contributed by atoms with van der Waals surface area (Å²) in [6.45, 7) is -0.397. The number of ether oxygens (including phenoxy) is 1. The molecular weight excluding hydrogens is 302 g/mol. The SMILES string of the molecule is O=C(COc1ccc(F)cc1F)Nc1cccc2cccnc12. The van der Waals surface area contributed by atoms with Crippen molar-refractivity contribution in [2.45, 2.75) is 0 Å². The lowest BCUT2D eigenvalue weighted by Crippen LogP contribution is -2.20. The van der Waals surface area contributed by atoms with Crippen molar-refractivity contribution in [1.29, 1.82) is 0 Å². The van der Waals surface area contributed by atoms with Crippen molar-refractivity contribution >= 4 is 22.5 Å². The summed E-state index contributed by atoms with van der Waals surface area (Å²) in [4.78, 5) is 16.2. The van der Waals surface area contributed by atoms with E-state index in [1.165, 1.54) is 0 Å². The molecule has 0 spiro atoms. The molecule has 6 heteroatoms. The Bertz CT molecular complexity index is 863. The Kier molecular flexibility index (Phi) is 4.14. The predicted octanol–water partition coefficient (Wildman–Crippen LogP) is 3.53. The number of pyridine rings is 1. The minimum atomic E-state index is -0.857. The molecule has 23 heavy (non-hydrogen) atoms. The van der Waals surface area contributed by atoms with E-state index in [0.717, 1.165) is 17.5 Å². The first-order valence-electron chi connectivity index (χ1n) is 6.85. The number of hydrogen-bond donors (Lipinski definition) is 1. The van der Waals surface area contributed by atoms with Crippen molar-refractivity contribution in [3.8, 4) is 5.75 Å². The number of benzene rings is 2. The fourth-order valence-electron chi connectivity index (χ4n) is 2.13. The fourth-order valence-corrected chi connectivity index (χ4v) is 2.13. The van der Waals surface area contributed by atoms with Crippen LogP contribution in [0.1, 0.15) is 0 Å². The van der Waals surface area contributed by atoms with Crippen molar-refractivity contribution in [3.05, 3.63) is 66.4 Å². The van der Waals surface area contributed by atoms with Gasteiger partial charge in [-0.15, -0.1) is 0 Å². The molecule has 0 radical (unpaired) electrons. The minimum Gasteiger partial charge on any atom is -0.481 e. The number of para-hydroxylation sites is 1. The van der Waals surface area contributed by atoms with Crippen LogP contribution < -0.4 is 10.1 Å². The molecule has 3 rings (SSSR count). The largest absolute Gasteiger partial charge is 0.481 e. The van der Waals surface area contributed by atoms with Gasteiger partial charge < -0.3 is 10.1 Å². The molecule has 0 saturated carbocycles. The molecule has 0 fully saturated rings. The zero-order valence-corrected chi connectivity index (χ0v) is 11.9. The van der Waals surface area contributed by atoms with Gasteiger partial charge in [-0.2, -0.15) is 0 Å². The molecule has 1 N–H and O–H groups in total. The number of carbonyl (C=O) groups is 1. The van der Waals surface area contributed by atoms with Gasteiger partial charge in [0, 0.05) is 17.6 Å². The van der Waals surface area contributed by atoms with E-state index >= 15 is 0 Å². The maximum atomic E-state index is 13.4. The van der Waals surface area contributed by atoms with Crippen molar-refractivity contribution in [1.82, 2.24) is 4.98 Å². The Balaban J connectivity index is 1.69. The van der Waals surface area contributed by atoms with E-state index < -0.39 is 24.1 Å². The van der Waals surface area contributed by atoms with Gasteiger partial charge in [0.15, 0.2) is 18.2 Å². The number of fused-ring (bicyclic) bond motifs is 1. The van der Waals surface area contributed by atoms with Crippen LogP contribution in [0, 0.1) is 11.6 Å². The second-order valence-electron chi connectivity index (χ2n) is 4.79. The standard InChI is InChI=1S/C17H12F2N2O2/c18-12-6-7-15(13(19)9-12)23-10-16(22)21-14-5-1-3-11-4-2-8-20-17(11)14/h1-9H,10H2,(H,21,22). The molecular formula is C17H12F2N2O2. The lowest BCUT2D eigenvalue weighted by atomic mass is 10.2. The van der Waals surface area contributed by atoms with E-state index in [4.69, 9.17) is 4.74 Å². The van der Waals surface area contributed by atoms with E-state index in [1.807, 2.05) is 12.1 Å². The molecule has 3 aromatic rings. The van der Waals surface area contributed by atoms with Gasteiger partial charge in [-0.25, -0.2) is 8.78 Å². The van der Waals surface area contributed by atoms with Gasteiger partial charge in [0.1, 0.15) is 5.82 Å². The number of nitrogens with one attached hydrogen (secondary N) is 1. The first-order chi connectivity index (χ1) is 11.1. The Morgan fingerprint density at radius 2 is 1.96 bits per heavy atom. The van der Waals surface area contributed by atoms with E-state index in [1.54, 1.807) is 24.4 Å². The number of aromatic nitrogens is 1. The maximum absolute atomic E-state index is 13.4. The lowest BCUT2D eigenvalue weighted by Gasteiger charge is -2.09. The highest BCUT2D eigenvalue weighted by molar-refractivity contribution is 6.00. The van der Waals surface area contributed by atoms with Gasteiger partial charge >= 0.3 is 0 Å². The quantitative estimate of drug-likeness (QED) is 0.801. The summed E-state index contributed by atoms with van der Waals surface area (Å²) in [6.07, 6.45) is 1.63. The van der Waals surface area contributed by atoms with E-state index in [0.29, 0.717) is 17.3 Å². The van der Waals surface area contributed by atoms with Crippen LogP contribution in [0.2, 0.25) is 0 Å². The summed E-state index contributed by atoms with van der Waals surface area (Å²) in [5.74, 6) is -2.21. The van der Waals surface area contributed by atoms with Gasteiger partial charge in [-0.1, -0.05) is 18.2 Å². The first kappa shape index (κ1) is 14.9. The summed E-state index contributed by atoms with van der Waals surface area (Å²) in [5.41, 5.74) is 1.19. The monoisotopic (exact) mass is 314 g/mol. The number of rotatable bonds is 4. The molecule has 1 amide bonds. The summed E-state index contributed by atoms with van der Waals surface area (Å²) in [6, 6.07) is 12.0. The normalized spacial score (nSPS) is 10.5. The molecule has 116 valence electrons. The number of anilines is 1. The molecule has 0 bridgehead atoms. The van der Waals surface area contributed by atoms with Gasteiger partial charge in [0.25, 0.3) is 5.91 Å². The van der Waals surface area contributed by atoms with Crippen LogP contribution >= 0.6 is 0 Å². The minimum absolute atomic E-state index is 0.183. The van der Waals surface area contributed by atoms with Crippen LogP contribution in [-0.4, -0.2) is 17.5 Å². The molecule has 0 atom stereocenters. The summed E-state index contributed by atoms with van der Waals surface area (Å²) >= 11 is 0. The summed E-state index contributed by atoms with van der Waals surface area (Å²) < 4.78 is 31.3. The zero-order valence-electron chi connectivity index (χ0n) is 11.9. The third kappa shape index (κ3) is 3.42. The molecule has 1 heterocycles. The molecule has 4 nitrogen and oxygen atoms in total. The molecule has 2 aromatic carbocycles. The highest BCUT2D eigenvalue weighted by Gasteiger charge is 2.10. The van der Waals surface area contributed by atoms with E-state index in [-0.39, 0.29) is 5.75 Å². The van der Waals surface area contributed by atoms with Gasteiger partial charge in [-0.3, -0.25) is 9.78 Å². The Labute approximate surface area is 130 Å². The average Bonchev–Trinajstić information content (AvgIpc) is 2.54. The third-order valence-electron chi connectivity index (χ3n) is 3.16. The molecule has 0 unspecified atom stereocenters. The molecule has 0 aliphatic heterocycles. The zero-order chi connectivity index (χ0) is 16.2. The summed E-state index contributed by atoms with van der Waals surface area (Å²) in [5, 5.41) is 3.55. The molecule has 0 aliphatic rings. The highest BCUT2D eigenvalue weighted by Crippen LogP contribution is 2.21. The van der Waals surface area contributed by atoms with Crippen LogP contribution in [0.25, 0.3) is 10.9 Å². The Morgan fingerprint density at radius 1 is 1.13 bits per heavy atom. The van der Waals surface area contributed by atoms with Gasteiger partial charge in [0.2, 0.25) is 0 Å². The predicted molar refractivity (Wildman–Crippen MR) is 82.2 cm³/mol.